The molecule has 26 heavy (non-hydrogen) atoms. The molecular formula is C20H28N3O3+. The van der Waals surface area contributed by atoms with Crippen LogP contribution < -0.4 is 5.32 Å². The van der Waals surface area contributed by atoms with E-state index in [1.54, 1.807) is 13.0 Å². The molecule has 6 nitrogen and oxygen atoms in total. The fourth-order valence-corrected chi connectivity index (χ4v) is 3.95. The zero-order valence-corrected chi connectivity index (χ0v) is 16.1. The minimum absolute atomic E-state index is 0.0881. The minimum atomic E-state index is -0.563. The summed E-state index contributed by atoms with van der Waals surface area (Å²) in [7, 11) is 3.43. The van der Waals surface area contributed by atoms with Crippen LogP contribution in [0.3, 0.4) is 0 Å². The number of nitriles is 1. The Labute approximate surface area is 155 Å². The number of piperidine rings is 1. The Hall–Kier alpha value is -2.39. The van der Waals surface area contributed by atoms with E-state index in [9.17, 15) is 9.59 Å². The van der Waals surface area contributed by atoms with Crippen molar-refractivity contribution in [2.75, 3.05) is 32.6 Å². The van der Waals surface area contributed by atoms with Gasteiger partial charge in [-0.3, -0.25) is 4.79 Å². The van der Waals surface area contributed by atoms with Gasteiger partial charge in [0.1, 0.15) is 0 Å². The molecule has 1 aliphatic rings. The molecular weight excluding hydrogens is 330 g/mol. The molecule has 1 N–H and O–H groups in total. The van der Waals surface area contributed by atoms with Crippen molar-refractivity contribution in [3.05, 3.63) is 28.8 Å². The summed E-state index contributed by atoms with van der Waals surface area (Å²) in [6, 6.07) is 5.00. The van der Waals surface area contributed by atoms with Gasteiger partial charge in [-0.2, -0.15) is 5.26 Å². The summed E-state index contributed by atoms with van der Waals surface area (Å²) in [4.78, 5) is 25.2. The van der Waals surface area contributed by atoms with Gasteiger partial charge in [0.2, 0.25) is 0 Å². The Morgan fingerprint density at radius 1 is 1.31 bits per heavy atom. The molecule has 0 bridgehead atoms. The predicted molar refractivity (Wildman–Crippen MR) is 99.7 cm³/mol. The smallest absolute Gasteiger partial charge is 0.340 e. The van der Waals surface area contributed by atoms with E-state index < -0.39 is 5.97 Å². The Balaban J connectivity index is 2.35. The zero-order valence-electron chi connectivity index (χ0n) is 16.1. The molecule has 1 saturated heterocycles. The first-order valence-corrected chi connectivity index (χ1v) is 9.14. The number of likely N-dealkylation sites (tertiary alicyclic amines) is 1. The van der Waals surface area contributed by atoms with E-state index in [0.717, 1.165) is 36.8 Å². The SMILES string of the molecule is CCC(C(=O)Nc1c(C)cc(C#N)cc1C(=O)OC)[N+]1(C)CCCCC1. The number of anilines is 1. The Kier molecular flexibility index (Phi) is 6.38. The number of aryl methyl sites for hydroxylation is 1. The first kappa shape index (κ1) is 19.9. The molecule has 0 spiro atoms. The number of benzene rings is 1. The van der Waals surface area contributed by atoms with E-state index >= 15 is 0 Å². The summed E-state index contributed by atoms with van der Waals surface area (Å²) in [5.74, 6) is -0.651. The average Bonchev–Trinajstić information content (AvgIpc) is 2.63. The molecule has 1 aliphatic heterocycles. The molecule has 0 radical (unpaired) electrons. The normalized spacial score (nSPS) is 17.0. The highest BCUT2D eigenvalue weighted by Crippen LogP contribution is 2.27. The number of hydrogen-bond acceptors (Lipinski definition) is 4. The average molecular weight is 358 g/mol. The second-order valence-corrected chi connectivity index (χ2v) is 7.22. The number of quaternary nitrogens is 1. The standard InChI is InChI=1S/C20H27N3O3/c1-5-17(23(3)9-7-6-8-10-23)19(24)22-18-14(2)11-15(13-21)12-16(18)20(25)26-4/h11-12,17H,5-10H2,1-4H3/p+1. The molecule has 1 atom stereocenters. The van der Waals surface area contributed by atoms with Gasteiger partial charge in [0, 0.05) is 6.42 Å². The molecule has 1 aromatic rings. The van der Waals surface area contributed by atoms with Gasteiger partial charge < -0.3 is 14.5 Å². The maximum Gasteiger partial charge on any atom is 0.340 e. The quantitative estimate of drug-likeness (QED) is 0.648. The molecule has 1 aromatic carbocycles. The van der Waals surface area contributed by atoms with Crippen molar-refractivity contribution in [1.29, 1.82) is 5.26 Å². The van der Waals surface area contributed by atoms with E-state index in [-0.39, 0.29) is 17.5 Å². The van der Waals surface area contributed by atoms with Gasteiger partial charge in [0.15, 0.2) is 6.04 Å². The van der Waals surface area contributed by atoms with Crippen LogP contribution in [0.5, 0.6) is 0 Å². The third kappa shape index (κ3) is 4.05. The summed E-state index contributed by atoms with van der Waals surface area (Å²) in [5, 5.41) is 12.1. The highest BCUT2D eigenvalue weighted by molar-refractivity contribution is 6.03. The van der Waals surface area contributed by atoms with Gasteiger partial charge in [0.05, 0.1) is 50.1 Å². The number of carbonyl (C=O) groups is 2. The third-order valence-corrected chi connectivity index (χ3v) is 5.40. The second-order valence-electron chi connectivity index (χ2n) is 7.22. The lowest BCUT2D eigenvalue weighted by Crippen LogP contribution is -2.59. The van der Waals surface area contributed by atoms with E-state index in [1.165, 1.54) is 19.6 Å². The summed E-state index contributed by atoms with van der Waals surface area (Å²) < 4.78 is 5.56. The van der Waals surface area contributed by atoms with Crippen LogP contribution in [-0.4, -0.2) is 49.6 Å². The first-order chi connectivity index (χ1) is 12.4. The maximum atomic E-state index is 13.1. The topological polar surface area (TPSA) is 79.2 Å². The highest BCUT2D eigenvalue weighted by atomic mass is 16.5. The molecule has 0 saturated carbocycles. The van der Waals surface area contributed by atoms with Gasteiger partial charge in [-0.25, -0.2) is 4.79 Å². The van der Waals surface area contributed by atoms with Crippen LogP contribution >= 0.6 is 0 Å². The van der Waals surface area contributed by atoms with Crippen LogP contribution in [0.1, 0.15) is 54.1 Å². The number of ether oxygens (including phenoxy) is 1. The van der Waals surface area contributed by atoms with E-state index in [2.05, 4.69) is 12.4 Å². The van der Waals surface area contributed by atoms with Crippen molar-refractivity contribution in [1.82, 2.24) is 0 Å². The molecule has 2 rings (SSSR count). The maximum absolute atomic E-state index is 13.1. The lowest BCUT2D eigenvalue weighted by atomic mass is 10.0. The van der Waals surface area contributed by atoms with E-state index in [1.807, 2.05) is 13.0 Å². The molecule has 140 valence electrons. The van der Waals surface area contributed by atoms with Gasteiger partial charge in [-0.05, 0) is 43.9 Å². The van der Waals surface area contributed by atoms with Crippen LogP contribution in [0.15, 0.2) is 12.1 Å². The molecule has 6 heteroatoms. The predicted octanol–water partition coefficient (Wildman–Crippen LogP) is 3.00. The van der Waals surface area contributed by atoms with Crippen molar-refractivity contribution in [3.8, 4) is 6.07 Å². The van der Waals surface area contributed by atoms with Crippen molar-refractivity contribution in [2.45, 2.75) is 45.6 Å². The highest BCUT2D eigenvalue weighted by Gasteiger charge is 2.38. The summed E-state index contributed by atoms with van der Waals surface area (Å²) >= 11 is 0. The number of nitrogens with zero attached hydrogens (tertiary/aromatic N) is 2. The Morgan fingerprint density at radius 3 is 2.50 bits per heavy atom. The summed E-state index contributed by atoms with van der Waals surface area (Å²) in [5.41, 5.74) is 1.69. The van der Waals surface area contributed by atoms with Crippen molar-refractivity contribution >= 4 is 17.6 Å². The van der Waals surface area contributed by atoms with Crippen LogP contribution in [0.25, 0.3) is 0 Å². The number of rotatable bonds is 5. The van der Waals surface area contributed by atoms with Crippen LogP contribution in [0, 0.1) is 18.3 Å². The van der Waals surface area contributed by atoms with Gasteiger partial charge in [0.25, 0.3) is 5.91 Å². The fraction of sp³-hybridized carbons (Fsp3) is 0.550. The van der Waals surface area contributed by atoms with Gasteiger partial charge in [-0.1, -0.05) is 6.92 Å². The molecule has 0 aliphatic carbocycles. The number of hydrogen-bond donors (Lipinski definition) is 1. The molecule has 1 unspecified atom stereocenters. The van der Waals surface area contributed by atoms with Crippen molar-refractivity contribution < 1.29 is 18.8 Å². The Bertz CT molecular complexity index is 731. The number of methoxy groups -OCH3 is 1. The third-order valence-electron chi connectivity index (χ3n) is 5.40. The first-order valence-electron chi connectivity index (χ1n) is 9.14. The number of likely N-dealkylation sites (N-methyl/N-ethyl adjacent to an activating group) is 1. The van der Waals surface area contributed by atoms with Crippen LogP contribution in [0.4, 0.5) is 5.69 Å². The molecule has 1 amide bonds. The number of esters is 1. The zero-order chi connectivity index (χ0) is 19.3. The summed E-state index contributed by atoms with van der Waals surface area (Å²) in [6.07, 6.45) is 4.20. The Morgan fingerprint density at radius 2 is 1.96 bits per heavy atom. The number of amides is 1. The lowest BCUT2D eigenvalue weighted by molar-refractivity contribution is -0.928. The van der Waals surface area contributed by atoms with Crippen LogP contribution in [-0.2, 0) is 9.53 Å². The van der Waals surface area contributed by atoms with Gasteiger partial charge in [-0.15, -0.1) is 0 Å². The van der Waals surface area contributed by atoms with Crippen molar-refractivity contribution in [2.24, 2.45) is 0 Å². The molecule has 1 heterocycles. The minimum Gasteiger partial charge on any atom is -0.465 e. The number of carbonyl (C=O) groups excluding carboxylic acids is 2. The van der Waals surface area contributed by atoms with Crippen molar-refractivity contribution in [3.63, 3.8) is 0 Å². The molecule has 1 fully saturated rings. The second kappa shape index (κ2) is 8.33. The largest absolute Gasteiger partial charge is 0.465 e. The summed E-state index contributed by atoms with van der Waals surface area (Å²) in [6.45, 7) is 5.78. The fourth-order valence-electron chi connectivity index (χ4n) is 3.95. The molecule has 0 aromatic heterocycles. The lowest BCUT2D eigenvalue weighted by Gasteiger charge is -2.43. The monoisotopic (exact) mass is 358 g/mol. The van der Waals surface area contributed by atoms with E-state index in [4.69, 9.17) is 10.00 Å². The van der Waals surface area contributed by atoms with Gasteiger partial charge >= 0.3 is 5.97 Å². The van der Waals surface area contributed by atoms with E-state index in [0.29, 0.717) is 16.8 Å². The van der Waals surface area contributed by atoms with Crippen LogP contribution in [0.2, 0.25) is 0 Å². The number of nitrogens with one attached hydrogen (secondary N) is 1.